The van der Waals surface area contributed by atoms with Crippen molar-refractivity contribution in [2.45, 2.75) is 19.8 Å². The standard InChI is InChI=1S/C9H15N3O/c1-2-8-6-11-9(12-7-8)10-4-3-5-13/h6-7,13H,2-5H2,1H3,(H,10,11,12). The Hall–Kier alpha value is -1.16. The van der Waals surface area contributed by atoms with E-state index in [9.17, 15) is 0 Å². The lowest BCUT2D eigenvalue weighted by Crippen LogP contribution is -2.06. The van der Waals surface area contributed by atoms with E-state index in [1.807, 2.05) is 12.4 Å². The van der Waals surface area contributed by atoms with Gasteiger partial charge < -0.3 is 10.4 Å². The van der Waals surface area contributed by atoms with Gasteiger partial charge in [-0.3, -0.25) is 0 Å². The van der Waals surface area contributed by atoms with Gasteiger partial charge in [-0.15, -0.1) is 0 Å². The van der Waals surface area contributed by atoms with E-state index in [1.165, 1.54) is 0 Å². The van der Waals surface area contributed by atoms with Gasteiger partial charge in [-0.1, -0.05) is 6.92 Å². The first-order valence-corrected chi connectivity index (χ1v) is 4.52. The molecule has 0 aliphatic heterocycles. The van der Waals surface area contributed by atoms with Crippen molar-refractivity contribution in [2.75, 3.05) is 18.5 Å². The van der Waals surface area contributed by atoms with Gasteiger partial charge in [0.1, 0.15) is 0 Å². The summed E-state index contributed by atoms with van der Waals surface area (Å²) in [6, 6.07) is 0. The molecule has 0 aromatic carbocycles. The maximum atomic E-state index is 8.55. The zero-order chi connectivity index (χ0) is 9.52. The summed E-state index contributed by atoms with van der Waals surface area (Å²) in [6.45, 7) is 2.97. The van der Waals surface area contributed by atoms with Crippen molar-refractivity contribution < 1.29 is 5.11 Å². The molecule has 0 saturated heterocycles. The second kappa shape index (κ2) is 5.48. The Labute approximate surface area is 78.0 Å². The van der Waals surface area contributed by atoms with Crippen LogP contribution >= 0.6 is 0 Å². The summed E-state index contributed by atoms with van der Waals surface area (Å²) >= 11 is 0. The van der Waals surface area contributed by atoms with Gasteiger partial charge in [0, 0.05) is 25.5 Å². The molecule has 1 aromatic rings. The monoisotopic (exact) mass is 181 g/mol. The Morgan fingerprint density at radius 2 is 2.08 bits per heavy atom. The molecule has 0 radical (unpaired) electrons. The summed E-state index contributed by atoms with van der Waals surface area (Å²) in [4.78, 5) is 8.23. The van der Waals surface area contributed by atoms with Crippen molar-refractivity contribution in [3.8, 4) is 0 Å². The first-order valence-electron chi connectivity index (χ1n) is 4.52. The lowest BCUT2D eigenvalue weighted by atomic mass is 10.3. The van der Waals surface area contributed by atoms with Gasteiger partial charge >= 0.3 is 0 Å². The summed E-state index contributed by atoms with van der Waals surface area (Å²) < 4.78 is 0. The van der Waals surface area contributed by atoms with Crippen LogP contribution in [0.1, 0.15) is 18.9 Å². The summed E-state index contributed by atoms with van der Waals surface area (Å²) in [5.74, 6) is 0.630. The summed E-state index contributed by atoms with van der Waals surface area (Å²) in [5.41, 5.74) is 1.13. The average molecular weight is 181 g/mol. The van der Waals surface area contributed by atoms with Gasteiger partial charge in [-0.25, -0.2) is 9.97 Å². The van der Waals surface area contributed by atoms with Gasteiger partial charge in [0.15, 0.2) is 0 Å². The number of hydrogen-bond donors (Lipinski definition) is 2. The first-order chi connectivity index (χ1) is 6.36. The molecule has 0 saturated carbocycles. The van der Waals surface area contributed by atoms with Gasteiger partial charge in [0.05, 0.1) is 0 Å². The molecule has 1 heterocycles. The van der Waals surface area contributed by atoms with Crippen molar-refractivity contribution in [3.63, 3.8) is 0 Å². The van der Waals surface area contributed by atoms with Crippen LogP contribution in [0.4, 0.5) is 5.95 Å². The van der Waals surface area contributed by atoms with Crippen LogP contribution in [-0.2, 0) is 6.42 Å². The van der Waals surface area contributed by atoms with Crippen LogP contribution in [0.15, 0.2) is 12.4 Å². The second-order valence-electron chi connectivity index (χ2n) is 2.77. The molecule has 0 bridgehead atoms. The Morgan fingerprint density at radius 3 is 2.62 bits per heavy atom. The molecule has 0 amide bonds. The largest absolute Gasteiger partial charge is 0.396 e. The van der Waals surface area contributed by atoms with Gasteiger partial charge in [0.25, 0.3) is 0 Å². The Kier molecular flexibility index (Phi) is 4.18. The molecule has 0 aliphatic carbocycles. The van der Waals surface area contributed by atoms with E-state index in [0.717, 1.165) is 18.4 Å². The van der Waals surface area contributed by atoms with Crippen molar-refractivity contribution in [1.29, 1.82) is 0 Å². The number of aliphatic hydroxyl groups excluding tert-OH is 1. The van der Waals surface area contributed by atoms with Gasteiger partial charge in [-0.2, -0.15) is 0 Å². The molecule has 0 aliphatic rings. The number of anilines is 1. The Morgan fingerprint density at radius 1 is 1.38 bits per heavy atom. The van der Waals surface area contributed by atoms with E-state index >= 15 is 0 Å². The highest BCUT2D eigenvalue weighted by Crippen LogP contribution is 2.00. The molecule has 1 rings (SSSR count). The third-order valence-electron chi connectivity index (χ3n) is 1.73. The number of hydrogen-bond acceptors (Lipinski definition) is 4. The zero-order valence-corrected chi connectivity index (χ0v) is 7.82. The number of aromatic nitrogens is 2. The van der Waals surface area contributed by atoms with Crippen LogP contribution in [-0.4, -0.2) is 28.2 Å². The number of nitrogens with one attached hydrogen (secondary N) is 1. The smallest absolute Gasteiger partial charge is 0.222 e. The van der Waals surface area contributed by atoms with Crippen LogP contribution < -0.4 is 5.32 Å². The van der Waals surface area contributed by atoms with Gasteiger partial charge in [0.2, 0.25) is 5.95 Å². The quantitative estimate of drug-likeness (QED) is 0.661. The molecular formula is C9H15N3O. The first kappa shape index (κ1) is 9.92. The third-order valence-corrected chi connectivity index (χ3v) is 1.73. The zero-order valence-electron chi connectivity index (χ0n) is 7.82. The predicted molar refractivity (Wildman–Crippen MR) is 51.6 cm³/mol. The van der Waals surface area contributed by atoms with E-state index in [-0.39, 0.29) is 6.61 Å². The number of aryl methyl sites for hydroxylation is 1. The molecule has 4 nitrogen and oxygen atoms in total. The van der Waals surface area contributed by atoms with Crippen LogP contribution in [0.2, 0.25) is 0 Å². The maximum absolute atomic E-state index is 8.55. The van der Waals surface area contributed by atoms with E-state index in [4.69, 9.17) is 5.11 Å². The summed E-state index contributed by atoms with van der Waals surface area (Å²) in [6.07, 6.45) is 5.30. The van der Waals surface area contributed by atoms with Crippen molar-refractivity contribution in [1.82, 2.24) is 9.97 Å². The Bertz CT molecular complexity index is 235. The predicted octanol–water partition coefficient (Wildman–Crippen LogP) is 0.833. The molecular weight excluding hydrogens is 166 g/mol. The highest BCUT2D eigenvalue weighted by atomic mass is 16.3. The van der Waals surface area contributed by atoms with Crippen LogP contribution in [0.5, 0.6) is 0 Å². The lowest BCUT2D eigenvalue weighted by molar-refractivity contribution is 0.292. The number of aliphatic hydroxyl groups is 1. The lowest BCUT2D eigenvalue weighted by Gasteiger charge is -2.02. The molecule has 13 heavy (non-hydrogen) atoms. The fourth-order valence-electron chi connectivity index (χ4n) is 0.908. The molecule has 0 fully saturated rings. The summed E-state index contributed by atoms with van der Waals surface area (Å²) in [5, 5.41) is 11.6. The minimum absolute atomic E-state index is 0.194. The molecule has 1 aromatic heterocycles. The second-order valence-corrected chi connectivity index (χ2v) is 2.77. The molecule has 0 spiro atoms. The molecule has 0 unspecified atom stereocenters. The Balaban J connectivity index is 2.40. The topological polar surface area (TPSA) is 58.0 Å². The third kappa shape index (κ3) is 3.38. The number of nitrogens with zero attached hydrogens (tertiary/aromatic N) is 2. The molecule has 72 valence electrons. The molecule has 4 heteroatoms. The maximum Gasteiger partial charge on any atom is 0.222 e. The van der Waals surface area contributed by atoms with Crippen molar-refractivity contribution in [3.05, 3.63) is 18.0 Å². The minimum Gasteiger partial charge on any atom is -0.396 e. The van der Waals surface area contributed by atoms with Crippen LogP contribution in [0.3, 0.4) is 0 Å². The van der Waals surface area contributed by atoms with Crippen LogP contribution in [0.25, 0.3) is 0 Å². The van der Waals surface area contributed by atoms with E-state index in [1.54, 1.807) is 0 Å². The van der Waals surface area contributed by atoms with Crippen molar-refractivity contribution >= 4 is 5.95 Å². The fraction of sp³-hybridized carbons (Fsp3) is 0.556. The van der Waals surface area contributed by atoms with Crippen molar-refractivity contribution in [2.24, 2.45) is 0 Å². The SMILES string of the molecule is CCc1cnc(NCCCO)nc1. The summed E-state index contributed by atoms with van der Waals surface area (Å²) in [7, 11) is 0. The van der Waals surface area contributed by atoms with E-state index in [0.29, 0.717) is 12.5 Å². The average Bonchev–Trinajstić information content (AvgIpc) is 2.19. The van der Waals surface area contributed by atoms with E-state index in [2.05, 4.69) is 22.2 Å². The fourth-order valence-corrected chi connectivity index (χ4v) is 0.908. The molecule has 0 atom stereocenters. The highest BCUT2D eigenvalue weighted by molar-refractivity contribution is 5.24. The normalized spacial score (nSPS) is 10.0. The number of rotatable bonds is 5. The highest BCUT2D eigenvalue weighted by Gasteiger charge is 1.94. The van der Waals surface area contributed by atoms with Gasteiger partial charge in [-0.05, 0) is 18.4 Å². The minimum atomic E-state index is 0.194. The van der Waals surface area contributed by atoms with E-state index < -0.39 is 0 Å². The van der Waals surface area contributed by atoms with Crippen LogP contribution in [0, 0.1) is 0 Å². The molecule has 2 N–H and O–H groups in total.